The van der Waals surface area contributed by atoms with Gasteiger partial charge in [-0.25, -0.2) is 0 Å². The molecule has 1 rings (SSSR count). The van der Waals surface area contributed by atoms with E-state index in [2.05, 4.69) is 17.2 Å². The van der Waals surface area contributed by atoms with Gasteiger partial charge in [0, 0.05) is 5.69 Å². The third-order valence-corrected chi connectivity index (χ3v) is 2.03. The predicted octanol–water partition coefficient (Wildman–Crippen LogP) is 1.18. The fourth-order valence-electron chi connectivity index (χ4n) is 1.15. The van der Waals surface area contributed by atoms with Crippen LogP contribution in [0.25, 0.3) is 0 Å². The summed E-state index contributed by atoms with van der Waals surface area (Å²) in [6.07, 6.45) is 0.315. The Hall–Kier alpha value is -2.15. The fourth-order valence-corrected chi connectivity index (χ4v) is 1.15. The molecule has 0 aromatic heterocycles. The van der Waals surface area contributed by atoms with Crippen LogP contribution in [0.1, 0.15) is 13.3 Å². The maximum Gasteiger partial charge on any atom is 0.224 e. The number of carbonyl (C=O) groups excluding carboxylic acids is 1. The molecule has 4 nitrogen and oxygen atoms in total. The van der Waals surface area contributed by atoms with Crippen molar-refractivity contribution in [1.29, 1.82) is 0 Å². The number of nitrogen functional groups attached to an aromatic ring is 1. The SMILES string of the molecule is CC#CCNC(=O)CCOc1ccc(N)cc1. The lowest BCUT2D eigenvalue weighted by Crippen LogP contribution is -2.25. The van der Waals surface area contributed by atoms with Crippen LogP contribution in [0.15, 0.2) is 24.3 Å². The molecule has 0 radical (unpaired) electrons. The first-order valence-corrected chi connectivity index (χ1v) is 5.37. The number of carbonyl (C=O) groups is 1. The van der Waals surface area contributed by atoms with Gasteiger partial charge in [0.1, 0.15) is 5.75 Å². The van der Waals surface area contributed by atoms with Crippen molar-refractivity contribution in [2.24, 2.45) is 0 Å². The summed E-state index contributed by atoms with van der Waals surface area (Å²) in [7, 11) is 0. The van der Waals surface area contributed by atoms with E-state index < -0.39 is 0 Å². The van der Waals surface area contributed by atoms with Crippen LogP contribution in [0, 0.1) is 11.8 Å². The van der Waals surface area contributed by atoms with Crippen LogP contribution in [0.4, 0.5) is 5.69 Å². The highest BCUT2D eigenvalue weighted by atomic mass is 16.5. The molecular weight excluding hydrogens is 216 g/mol. The van der Waals surface area contributed by atoms with Crippen molar-refractivity contribution < 1.29 is 9.53 Å². The van der Waals surface area contributed by atoms with Crippen molar-refractivity contribution in [2.45, 2.75) is 13.3 Å². The van der Waals surface area contributed by atoms with Gasteiger partial charge in [0.15, 0.2) is 0 Å². The van der Waals surface area contributed by atoms with Gasteiger partial charge in [-0.05, 0) is 31.2 Å². The van der Waals surface area contributed by atoms with Gasteiger partial charge in [-0.1, -0.05) is 5.92 Å². The second-order valence-corrected chi connectivity index (χ2v) is 3.37. The number of hydrogen-bond acceptors (Lipinski definition) is 3. The van der Waals surface area contributed by atoms with Crippen LogP contribution in [0.5, 0.6) is 5.75 Å². The molecule has 3 N–H and O–H groups in total. The third kappa shape index (κ3) is 5.47. The second-order valence-electron chi connectivity index (χ2n) is 3.37. The number of amides is 1. The maximum absolute atomic E-state index is 11.3. The van der Waals surface area contributed by atoms with E-state index in [0.717, 1.165) is 0 Å². The first-order valence-electron chi connectivity index (χ1n) is 5.37. The van der Waals surface area contributed by atoms with Crippen LogP contribution >= 0.6 is 0 Å². The van der Waals surface area contributed by atoms with E-state index in [1.54, 1.807) is 31.2 Å². The number of nitrogens with one attached hydrogen (secondary N) is 1. The molecule has 1 aromatic rings. The van der Waals surface area contributed by atoms with E-state index in [4.69, 9.17) is 10.5 Å². The molecule has 0 spiro atoms. The van der Waals surface area contributed by atoms with Crippen LogP contribution in [-0.4, -0.2) is 19.1 Å². The topological polar surface area (TPSA) is 64.3 Å². The first kappa shape index (κ1) is 12.9. The molecule has 0 atom stereocenters. The molecule has 0 aliphatic heterocycles. The monoisotopic (exact) mass is 232 g/mol. The summed E-state index contributed by atoms with van der Waals surface area (Å²) in [5.74, 6) is 6.10. The molecule has 0 aliphatic rings. The number of anilines is 1. The van der Waals surface area contributed by atoms with Gasteiger partial charge in [-0.15, -0.1) is 5.92 Å². The Kier molecular flexibility index (Phi) is 5.45. The van der Waals surface area contributed by atoms with Crippen molar-refractivity contribution in [3.63, 3.8) is 0 Å². The zero-order valence-electron chi connectivity index (χ0n) is 9.82. The van der Waals surface area contributed by atoms with Crippen LogP contribution < -0.4 is 15.8 Å². The van der Waals surface area contributed by atoms with Gasteiger partial charge in [-0.2, -0.15) is 0 Å². The number of rotatable bonds is 5. The molecule has 0 fully saturated rings. The van der Waals surface area contributed by atoms with E-state index in [1.807, 2.05) is 0 Å². The Labute approximate surface area is 101 Å². The Balaban J connectivity index is 2.20. The average molecular weight is 232 g/mol. The predicted molar refractivity (Wildman–Crippen MR) is 67.4 cm³/mol. The van der Waals surface area contributed by atoms with Crippen molar-refractivity contribution in [3.05, 3.63) is 24.3 Å². The molecule has 0 heterocycles. The maximum atomic E-state index is 11.3. The van der Waals surface area contributed by atoms with Crippen LogP contribution in [0.3, 0.4) is 0 Å². The average Bonchev–Trinajstić information content (AvgIpc) is 2.32. The Morgan fingerprint density at radius 2 is 2.12 bits per heavy atom. The Morgan fingerprint density at radius 1 is 1.41 bits per heavy atom. The highest BCUT2D eigenvalue weighted by Crippen LogP contribution is 2.12. The van der Waals surface area contributed by atoms with E-state index in [9.17, 15) is 4.79 Å². The largest absolute Gasteiger partial charge is 0.493 e. The molecule has 1 amide bonds. The zero-order valence-corrected chi connectivity index (χ0v) is 9.82. The minimum Gasteiger partial charge on any atom is -0.493 e. The van der Waals surface area contributed by atoms with E-state index in [0.29, 0.717) is 31.0 Å². The number of hydrogen-bond donors (Lipinski definition) is 2. The van der Waals surface area contributed by atoms with Crippen molar-refractivity contribution in [1.82, 2.24) is 5.32 Å². The molecule has 0 saturated carbocycles. The second kappa shape index (κ2) is 7.18. The summed E-state index contributed by atoms with van der Waals surface area (Å²) in [4.78, 5) is 11.3. The summed E-state index contributed by atoms with van der Waals surface area (Å²) in [5.41, 5.74) is 6.23. The molecule has 0 saturated heterocycles. The fraction of sp³-hybridized carbons (Fsp3) is 0.308. The minimum atomic E-state index is -0.0665. The molecule has 1 aromatic carbocycles. The van der Waals surface area contributed by atoms with Gasteiger partial charge in [0.05, 0.1) is 19.6 Å². The van der Waals surface area contributed by atoms with Crippen molar-refractivity contribution >= 4 is 11.6 Å². The molecule has 0 aliphatic carbocycles. The molecule has 4 heteroatoms. The summed E-state index contributed by atoms with van der Waals surface area (Å²) in [6, 6.07) is 7.06. The standard InChI is InChI=1S/C13H16N2O2/c1-2-3-9-15-13(16)8-10-17-12-6-4-11(14)5-7-12/h4-7H,8-10,14H2,1H3,(H,15,16). The first-order chi connectivity index (χ1) is 8.22. The van der Waals surface area contributed by atoms with Crippen LogP contribution in [0.2, 0.25) is 0 Å². The van der Waals surface area contributed by atoms with Crippen molar-refractivity contribution in [2.75, 3.05) is 18.9 Å². The van der Waals surface area contributed by atoms with Gasteiger partial charge in [0.25, 0.3) is 0 Å². The lowest BCUT2D eigenvalue weighted by Gasteiger charge is -2.06. The van der Waals surface area contributed by atoms with Gasteiger partial charge >= 0.3 is 0 Å². The van der Waals surface area contributed by atoms with E-state index in [1.165, 1.54) is 0 Å². The summed E-state index contributed by atoms with van der Waals surface area (Å²) in [6.45, 7) is 2.46. The lowest BCUT2D eigenvalue weighted by atomic mass is 10.3. The zero-order chi connectivity index (χ0) is 12.5. The quantitative estimate of drug-likeness (QED) is 0.592. The van der Waals surface area contributed by atoms with Crippen molar-refractivity contribution in [3.8, 4) is 17.6 Å². The Morgan fingerprint density at radius 3 is 2.76 bits per heavy atom. The molecule has 0 bridgehead atoms. The number of nitrogens with two attached hydrogens (primary N) is 1. The molecular formula is C13H16N2O2. The number of benzene rings is 1. The lowest BCUT2D eigenvalue weighted by molar-refractivity contribution is -0.121. The minimum absolute atomic E-state index is 0.0665. The van der Waals surface area contributed by atoms with Gasteiger partial charge < -0.3 is 15.8 Å². The summed E-state index contributed by atoms with van der Waals surface area (Å²) in [5, 5.41) is 2.67. The summed E-state index contributed by atoms with van der Waals surface area (Å²) < 4.78 is 5.39. The summed E-state index contributed by atoms with van der Waals surface area (Å²) >= 11 is 0. The molecule has 90 valence electrons. The van der Waals surface area contributed by atoms with Gasteiger partial charge in [0.2, 0.25) is 5.91 Å². The Bertz CT molecular complexity index is 415. The van der Waals surface area contributed by atoms with Gasteiger partial charge in [-0.3, -0.25) is 4.79 Å². The number of ether oxygens (including phenoxy) is 1. The molecule has 0 unspecified atom stereocenters. The normalized spacial score (nSPS) is 9.00. The molecule has 17 heavy (non-hydrogen) atoms. The smallest absolute Gasteiger partial charge is 0.224 e. The highest BCUT2D eigenvalue weighted by Gasteiger charge is 2.00. The van der Waals surface area contributed by atoms with E-state index >= 15 is 0 Å². The third-order valence-electron chi connectivity index (χ3n) is 2.03. The van der Waals surface area contributed by atoms with Crippen LogP contribution in [-0.2, 0) is 4.79 Å². The highest BCUT2D eigenvalue weighted by molar-refractivity contribution is 5.76. The van der Waals surface area contributed by atoms with E-state index in [-0.39, 0.29) is 5.91 Å².